The SMILES string of the molecule is COCCSCCOCCNc1nnc(-c2cccc(Cl)c2Cl)c(N)n1. The van der Waals surface area contributed by atoms with Gasteiger partial charge < -0.3 is 20.5 Å². The van der Waals surface area contributed by atoms with Crippen LogP contribution in [0, 0.1) is 0 Å². The molecule has 3 N–H and O–H groups in total. The highest BCUT2D eigenvalue weighted by Gasteiger charge is 2.13. The highest BCUT2D eigenvalue weighted by Crippen LogP contribution is 2.34. The summed E-state index contributed by atoms with van der Waals surface area (Å²) in [5.41, 5.74) is 6.97. The van der Waals surface area contributed by atoms with Gasteiger partial charge in [-0.1, -0.05) is 35.3 Å². The lowest BCUT2D eigenvalue weighted by molar-refractivity contribution is 0.160. The number of nitrogens with zero attached hydrogens (tertiary/aromatic N) is 3. The van der Waals surface area contributed by atoms with Crippen LogP contribution < -0.4 is 11.1 Å². The average molecular weight is 418 g/mol. The van der Waals surface area contributed by atoms with Crippen LogP contribution in [-0.4, -0.2) is 60.2 Å². The highest BCUT2D eigenvalue weighted by molar-refractivity contribution is 7.99. The lowest BCUT2D eigenvalue weighted by Gasteiger charge is -2.09. The summed E-state index contributed by atoms with van der Waals surface area (Å²) in [6.45, 7) is 2.54. The maximum atomic E-state index is 6.19. The van der Waals surface area contributed by atoms with Crippen molar-refractivity contribution in [3.8, 4) is 11.3 Å². The lowest BCUT2D eigenvalue weighted by atomic mass is 10.1. The van der Waals surface area contributed by atoms with E-state index < -0.39 is 0 Å². The van der Waals surface area contributed by atoms with Gasteiger partial charge in [0.05, 0.1) is 29.9 Å². The highest BCUT2D eigenvalue weighted by atomic mass is 35.5. The van der Waals surface area contributed by atoms with Gasteiger partial charge in [0.1, 0.15) is 5.69 Å². The third kappa shape index (κ3) is 6.44. The number of hydrogen-bond acceptors (Lipinski definition) is 8. The number of benzene rings is 1. The molecule has 26 heavy (non-hydrogen) atoms. The van der Waals surface area contributed by atoms with Crippen molar-refractivity contribution < 1.29 is 9.47 Å². The fraction of sp³-hybridized carbons (Fsp3) is 0.438. The second kappa shape index (κ2) is 11.4. The number of thioether (sulfide) groups is 1. The monoisotopic (exact) mass is 417 g/mol. The second-order valence-corrected chi connectivity index (χ2v) is 7.12. The largest absolute Gasteiger partial charge is 0.384 e. The maximum Gasteiger partial charge on any atom is 0.244 e. The minimum Gasteiger partial charge on any atom is -0.384 e. The van der Waals surface area contributed by atoms with Gasteiger partial charge in [0.25, 0.3) is 0 Å². The van der Waals surface area contributed by atoms with E-state index in [1.807, 2.05) is 0 Å². The van der Waals surface area contributed by atoms with Gasteiger partial charge in [-0.25, -0.2) is 0 Å². The Morgan fingerprint density at radius 1 is 1.15 bits per heavy atom. The molecule has 0 fully saturated rings. The first-order valence-electron chi connectivity index (χ1n) is 7.96. The van der Waals surface area contributed by atoms with Crippen LogP contribution >= 0.6 is 35.0 Å². The van der Waals surface area contributed by atoms with Gasteiger partial charge in [0, 0.05) is 30.7 Å². The van der Waals surface area contributed by atoms with Crippen LogP contribution in [0.25, 0.3) is 11.3 Å². The molecule has 0 bridgehead atoms. The van der Waals surface area contributed by atoms with E-state index in [0.29, 0.717) is 47.0 Å². The van der Waals surface area contributed by atoms with Gasteiger partial charge in [0.2, 0.25) is 5.95 Å². The first-order chi connectivity index (χ1) is 12.6. The molecule has 0 amide bonds. The quantitative estimate of drug-likeness (QED) is 0.537. The summed E-state index contributed by atoms with van der Waals surface area (Å²) in [6.07, 6.45) is 0. The fourth-order valence-electron chi connectivity index (χ4n) is 1.99. The predicted octanol–water partition coefficient (Wildman–Crippen LogP) is 3.24. The number of nitrogens with two attached hydrogens (primary N) is 1. The summed E-state index contributed by atoms with van der Waals surface area (Å²) in [6, 6.07) is 5.22. The summed E-state index contributed by atoms with van der Waals surface area (Å²) >= 11 is 14.0. The van der Waals surface area contributed by atoms with Gasteiger partial charge in [0.15, 0.2) is 5.82 Å². The zero-order chi connectivity index (χ0) is 18.8. The Balaban J connectivity index is 1.78. The zero-order valence-corrected chi connectivity index (χ0v) is 16.7. The van der Waals surface area contributed by atoms with Crippen LogP contribution in [0.1, 0.15) is 0 Å². The molecule has 1 heterocycles. The van der Waals surface area contributed by atoms with Crippen molar-refractivity contribution in [3.63, 3.8) is 0 Å². The predicted molar refractivity (Wildman–Crippen MR) is 108 cm³/mol. The Morgan fingerprint density at radius 2 is 1.96 bits per heavy atom. The fourth-order valence-corrected chi connectivity index (χ4v) is 3.11. The topological polar surface area (TPSA) is 95.2 Å². The summed E-state index contributed by atoms with van der Waals surface area (Å²) < 4.78 is 10.5. The number of nitrogen functional groups attached to an aromatic ring is 1. The Kier molecular flexibility index (Phi) is 9.21. The molecule has 2 rings (SSSR count). The molecule has 0 aliphatic heterocycles. The van der Waals surface area contributed by atoms with E-state index in [4.69, 9.17) is 38.4 Å². The van der Waals surface area contributed by atoms with E-state index in [9.17, 15) is 0 Å². The van der Waals surface area contributed by atoms with Crippen molar-refractivity contribution in [2.24, 2.45) is 0 Å². The minimum atomic E-state index is 0.224. The molecule has 0 saturated heterocycles. The van der Waals surface area contributed by atoms with Gasteiger partial charge in [-0.05, 0) is 6.07 Å². The summed E-state index contributed by atoms with van der Waals surface area (Å²) in [7, 11) is 1.70. The summed E-state index contributed by atoms with van der Waals surface area (Å²) in [5.74, 6) is 2.47. The molecule has 2 aromatic rings. The van der Waals surface area contributed by atoms with E-state index in [2.05, 4.69) is 20.5 Å². The molecule has 0 aliphatic carbocycles. The van der Waals surface area contributed by atoms with E-state index in [-0.39, 0.29) is 5.82 Å². The Morgan fingerprint density at radius 3 is 2.73 bits per heavy atom. The smallest absolute Gasteiger partial charge is 0.244 e. The molecule has 0 aliphatic rings. The van der Waals surface area contributed by atoms with Crippen LogP contribution in [0.3, 0.4) is 0 Å². The number of hydrogen-bond donors (Lipinski definition) is 2. The van der Waals surface area contributed by atoms with E-state index >= 15 is 0 Å². The average Bonchev–Trinajstić information content (AvgIpc) is 2.63. The molecule has 0 saturated carbocycles. The van der Waals surface area contributed by atoms with Gasteiger partial charge in [-0.3, -0.25) is 0 Å². The first-order valence-corrected chi connectivity index (χ1v) is 9.87. The van der Waals surface area contributed by atoms with Crippen molar-refractivity contribution in [2.45, 2.75) is 0 Å². The Bertz CT molecular complexity index is 708. The van der Waals surface area contributed by atoms with Crippen LogP contribution in [0.15, 0.2) is 18.2 Å². The third-order valence-electron chi connectivity index (χ3n) is 3.25. The van der Waals surface area contributed by atoms with Crippen molar-refractivity contribution in [1.82, 2.24) is 15.2 Å². The number of halogens is 2. The van der Waals surface area contributed by atoms with Crippen LogP contribution in [-0.2, 0) is 9.47 Å². The number of rotatable bonds is 11. The molecule has 0 radical (unpaired) electrons. The number of aromatic nitrogens is 3. The third-order valence-corrected chi connectivity index (χ3v) is 4.98. The van der Waals surface area contributed by atoms with E-state index in [0.717, 1.165) is 18.1 Å². The van der Waals surface area contributed by atoms with Crippen LogP contribution in [0.2, 0.25) is 10.0 Å². The zero-order valence-electron chi connectivity index (χ0n) is 14.4. The first kappa shape index (κ1) is 21.0. The lowest BCUT2D eigenvalue weighted by Crippen LogP contribution is -2.14. The summed E-state index contributed by atoms with van der Waals surface area (Å²) in [5, 5.41) is 12.0. The second-order valence-electron chi connectivity index (χ2n) is 5.11. The van der Waals surface area contributed by atoms with E-state index in [1.165, 1.54) is 0 Å². The molecule has 10 heteroatoms. The number of ether oxygens (including phenoxy) is 2. The Hall–Kier alpha value is -1.32. The van der Waals surface area contributed by atoms with Crippen molar-refractivity contribution in [3.05, 3.63) is 28.2 Å². The molecule has 1 aromatic heterocycles. The standard InChI is InChI=1S/C16H21Cl2N5O2S/c1-24-7-9-26-10-8-25-6-5-20-16-21-15(19)14(22-23-16)11-3-2-4-12(17)13(11)18/h2-4H,5-10H2,1H3,(H3,19,20,21,23). The molecule has 0 atom stereocenters. The van der Waals surface area contributed by atoms with Crippen molar-refractivity contribution >= 4 is 46.7 Å². The molecule has 142 valence electrons. The van der Waals surface area contributed by atoms with Crippen LogP contribution in [0.4, 0.5) is 11.8 Å². The molecular weight excluding hydrogens is 397 g/mol. The molecular formula is C16H21Cl2N5O2S. The normalized spacial score (nSPS) is 10.9. The number of methoxy groups -OCH3 is 1. The molecule has 0 unspecified atom stereocenters. The van der Waals surface area contributed by atoms with Crippen molar-refractivity contribution in [1.29, 1.82) is 0 Å². The van der Waals surface area contributed by atoms with Gasteiger partial charge in [-0.15, -0.1) is 10.2 Å². The summed E-state index contributed by atoms with van der Waals surface area (Å²) in [4.78, 5) is 4.21. The maximum absolute atomic E-state index is 6.19. The molecule has 1 aromatic carbocycles. The molecule has 7 nitrogen and oxygen atoms in total. The number of nitrogens with one attached hydrogen (secondary N) is 1. The molecule has 0 spiro atoms. The van der Waals surface area contributed by atoms with E-state index in [1.54, 1.807) is 37.1 Å². The van der Waals surface area contributed by atoms with Gasteiger partial charge in [-0.2, -0.15) is 16.7 Å². The number of anilines is 2. The van der Waals surface area contributed by atoms with Crippen LogP contribution in [0.5, 0.6) is 0 Å². The van der Waals surface area contributed by atoms with Crippen molar-refractivity contribution in [2.75, 3.05) is 56.0 Å². The minimum absolute atomic E-state index is 0.224. The van der Waals surface area contributed by atoms with Gasteiger partial charge >= 0.3 is 0 Å². The Labute approximate surface area is 167 Å².